The van der Waals surface area contributed by atoms with Gasteiger partial charge in [-0.1, -0.05) is 44.4 Å². The number of benzene rings is 1. The van der Waals surface area contributed by atoms with Crippen molar-refractivity contribution in [3.63, 3.8) is 0 Å². The summed E-state index contributed by atoms with van der Waals surface area (Å²) in [6.45, 7) is 4.35. The van der Waals surface area contributed by atoms with Crippen LogP contribution in [0.25, 0.3) is 0 Å². The van der Waals surface area contributed by atoms with Crippen LogP contribution in [0.2, 0.25) is 0 Å². The first-order chi connectivity index (χ1) is 9.25. The molecule has 19 heavy (non-hydrogen) atoms. The molecule has 1 aliphatic heterocycles. The fraction of sp³-hybridized carbons (Fsp3) is 0.647. The molecule has 0 spiro atoms. The van der Waals surface area contributed by atoms with E-state index in [0.717, 1.165) is 12.5 Å². The van der Waals surface area contributed by atoms with Crippen molar-refractivity contribution in [2.75, 3.05) is 18.0 Å². The number of fused-ring (bicyclic) bond motifs is 1. The average molecular weight is 258 g/mol. The van der Waals surface area contributed by atoms with Crippen LogP contribution in [0.15, 0.2) is 24.3 Å². The van der Waals surface area contributed by atoms with Gasteiger partial charge in [0.2, 0.25) is 0 Å². The lowest BCUT2D eigenvalue weighted by atomic mass is 9.77. The SMILES string of the molecule is CC1Cc2ccccc2N(C2(CN)CCCCC2)C1. The second-order valence-corrected chi connectivity index (χ2v) is 6.54. The Labute approximate surface area is 117 Å². The average Bonchev–Trinajstić information content (AvgIpc) is 2.47. The molecule has 1 aliphatic carbocycles. The van der Waals surface area contributed by atoms with Crippen LogP contribution in [-0.4, -0.2) is 18.6 Å². The van der Waals surface area contributed by atoms with Crippen molar-refractivity contribution in [2.24, 2.45) is 11.7 Å². The highest BCUT2D eigenvalue weighted by Crippen LogP contribution is 2.40. The lowest BCUT2D eigenvalue weighted by Crippen LogP contribution is -2.58. The van der Waals surface area contributed by atoms with Gasteiger partial charge in [0.15, 0.2) is 0 Å². The Morgan fingerprint density at radius 1 is 1.21 bits per heavy atom. The summed E-state index contributed by atoms with van der Waals surface area (Å²) in [5.74, 6) is 0.736. The minimum Gasteiger partial charge on any atom is -0.364 e. The number of nitrogens with zero attached hydrogens (tertiary/aromatic N) is 1. The number of hydrogen-bond acceptors (Lipinski definition) is 2. The summed E-state index contributed by atoms with van der Waals surface area (Å²) >= 11 is 0. The first-order valence-electron chi connectivity index (χ1n) is 7.81. The van der Waals surface area contributed by atoms with Crippen LogP contribution < -0.4 is 10.6 Å². The number of rotatable bonds is 2. The van der Waals surface area contributed by atoms with Gasteiger partial charge in [-0.05, 0) is 36.8 Å². The van der Waals surface area contributed by atoms with E-state index in [2.05, 4.69) is 36.1 Å². The molecule has 1 aromatic rings. The Kier molecular flexibility index (Phi) is 3.53. The zero-order valence-corrected chi connectivity index (χ0v) is 12.1. The molecule has 2 N–H and O–H groups in total. The Balaban J connectivity index is 1.99. The standard InChI is InChI=1S/C17H26N2/c1-14-11-15-7-3-4-8-16(15)19(12-14)17(13-18)9-5-2-6-10-17/h3-4,7-8,14H,2,5-6,9-13,18H2,1H3. The fourth-order valence-corrected chi connectivity index (χ4v) is 4.04. The molecule has 0 bridgehead atoms. The van der Waals surface area contributed by atoms with Crippen molar-refractivity contribution in [1.82, 2.24) is 0 Å². The molecule has 0 radical (unpaired) electrons. The van der Waals surface area contributed by atoms with Gasteiger partial charge in [0.05, 0.1) is 5.54 Å². The third-order valence-corrected chi connectivity index (χ3v) is 5.08. The fourth-order valence-electron chi connectivity index (χ4n) is 4.04. The van der Waals surface area contributed by atoms with E-state index in [0.29, 0.717) is 0 Å². The molecule has 0 amide bonds. The van der Waals surface area contributed by atoms with Gasteiger partial charge in [0.25, 0.3) is 0 Å². The zero-order valence-electron chi connectivity index (χ0n) is 12.1. The van der Waals surface area contributed by atoms with Crippen LogP contribution in [0.3, 0.4) is 0 Å². The smallest absolute Gasteiger partial charge is 0.0524 e. The summed E-state index contributed by atoms with van der Waals surface area (Å²) in [5.41, 5.74) is 9.42. The van der Waals surface area contributed by atoms with Gasteiger partial charge < -0.3 is 10.6 Å². The first kappa shape index (κ1) is 13.0. The monoisotopic (exact) mass is 258 g/mol. The summed E-state index contributed by atoms with van der Waals surface area (Å²) in [6, 6.07) is 8.94. The normalized spacial score (nSPS) is 26.0. The van der Waals surface area contributed by atoms with Crippen molar-refractivity contribution in [3.05, 3.63) is 29.8 Å². The number of nitrogens with two attached hydrogens (primary N) is 1. The number of para-hydroxylation sites is 1. The van der Waals surface area contributed by atoms with Crippen molar-refractivity contribution in [2.45, 2.75) is 51.0 Å². The molecule has 104 valence electrons. The molecular formula is C17H26N2. The van der Waals surface area contributed by atoms with Gasteiger partial charge in [-0.3, -0.25) is 0 Å². The third kappa shape index (κ3) is 2.27. The Morgan fingerprint density at radius 3 is 2.68 bits per heavy atom. The maximum atomic E-state index is 6.23. The molecule has 2 aliphatic rings. The molecule has 3 rings (SSSR count). The van der Waals surface area contributed by atoms with Crippen molar-refractivity contribution in [1.29, 1.82) is 0 Å². The third-order valence-electron chi connectivity index (χ3n) is 5.08. The van der Waals surface area contributed by atoms with Crippen LogP contribution in [0.1, 0.15) is 44.6 Å². The molecule has 1 atom stereocenters. The predicted molar refractivity (Wildman–Crippen MR) is 81.5 cm³/mol. The van der Waals surface area contributed by atoms with E-state index >= 15 is 0 Å². The zero-order chi connectivity index (χ0) is 13.3. The van der Waals surface area contributed by atoms with Crippen LogP contribution in [0.5, 0.6) is 0 Å². The molecule has 1 heterocycles. The maximum absolute atomic E-state index is 6.23. The Hall–Kier alpha value is -1.02. The summed E-state index contributed by atoms with van der Waals surface area (Å²) in [7, 11) is 0. The van der Waals surface area contributed by atoms with Gasteiger partial charge in [-0.2, -0.15) is 0 Å². The quantitative estimate of drug-likeness (QED) is 0.881. The molecule has 2 nitrogen and oxygen atoms in total. The summed E-state index contributed by atoms with van der Waals surface area (Å²) in [5, 5.41) is 0. The Bertz CT molecular complexity index is 435. The van der Waals surface area contributed by atoms with E-state index in [9.17, 15) is 0 Å². The molecule has 0 saturated heterocycles. The van der Waals surface area contributed by atoms with Crippen molar-refractivity contribution < 1.29 is 0 Å². The van der Waals surface area contributed by atoms with E-state index in [4.69, 9.17) is 5.73 Å². The highest BCUT2D eigenvalue weighted by molar-refractivity contribution is 5.58. The highest BCUT2D eigenvalue weighted by atomic mass is 15.2. The van der Waals surface area contributed by atoms with E-state index in [1.165, 1.54) is 56.3 Å². The predicted octanol–water partition coefficient (Wildman–Crippen LogP) is 3.35. The second kappa shape index (κ2) is 5.16. The van der Waals surface area contributed by atoms with Crippen molar-refractivity contribution in [3.8, 4) is 0 Å². The van der Waals surface area contributed by atoms with Crippen molar-refractivity contribution >= 4 is 5.69 Å². The molecule has 1 aromatic carbocycles. The number of hydrogen-bond donors (Lipinski definition) is 1. The second-order valence-electron chi connectivity index (χ2n) is 6.54. The highest BCUT2D eigenvalue weighted by Gasteiger charge is 2.39. The maximum Gasteiger partial charge on any atom is 0.0524 e. The molecule has 1 fully saturated rings. The van der Waals surface area contributed by atoms with Gasteiger partial charge in [-0.15, -0.1) is 0 Å². The van der Waals surface area contributed by atoms with E-state index in [1.54, 1.807) is 0 Å². The summed E-state index contributed by atoms with van der Waals surface area (Å²) in [4.78, 5) is 2.66. The van der Waals surface area contributed by atoms with Crippen LogP contribution in [0, 0.1) is 5.92 Å². The lowest BCUT2D eigenvalue weighted by molar-refractivity contribution is 0.266. The summed E-state index contributed by atoms with van der Waals surface area (Å²) in [6.07, 6.45) is 7.81. The van der Waals surface area contributed by atoms with E-state index in [-0.39, 0.29) is 5.54 Å². The summed E-state index contributed by atoms with van der Waals surface area (Å²) < 4.78 is 0. The minimum atomic E-state index is 0.225. The largest absolute Gasteiger partial charge is 0.364 e. The molecular weight excluding hydrogens is 232 g/mol. The van der Waals surface area contributed by atoms with Gasteiger partial charge >= 0.3 is 0 Å². The number of anilines is 1. The topological polar surface area (TPSA) is 29.3 Å². The molecule has 0 aromatic heterocycles. The minimum absolute atomic E-state index is 0.225. The van der Waals surface area contributed by atoms with Crippen LogP contribution in [-0.2, 0) is 6.42 Å². The van der Waals surface area contributed by atoms with E-state index in [1.807, 2.05) is 0 Å². The Morgan fingerprint density at radius 2 is 1.95 bits per heavy atom. The first-order valence-corrected chi connectivity index (χ1v) is 7.81. The van der Waals surface area contributed by atoms with Gasteiger partial charge in [0, 0.05) is 18.8 Å². The van der Waals surface area contributed by atoms with Gasteiger partial charge in [-0.25, -0.2) is 0 Å². The molecule has 1 saturated carbocycles. The molecule has 2 heteroatoms. The van der Waals surface area contributed by atoms with Crippen LogP contribution in [0.4, 0.5) is 5.69 Å². The molecule has 1 unspecified atom stereocenters. The van der Waals surface area contributed by atoms with Crippen LogP contribution >= 0.6 is 0 Å². The van der Waals surface area contributed by atoms with Gasteiger partial charge in [0.1, 0.15) is 0 Å². The lowest BCUT2D eigenvalue weighted by Gasteiger charge is -2.51. The van der Waals surface area contributed by atoms with E-state index < -0.39 is 0 Å².